The number of carbonyl (C=O) groups excluding carboxylic acids is 1. The van der Waals surface area contributed by atoms with Crippen LogP contribution in [0, 0.1) is 18.3 Å². The summed E-state index contributed by atoms with van der Waals surface area (Å²) < 4.78 is 5.20. The molecule has 1 saturated heterocycles. The zero-order chi connectivity index (χ0) is 13.1. The van der Waals surface area contributed by atoms with Crippen LogP contribution >= 0.6 is 0 Å². The van der Waals surface area contributed by atoms with Crippen LogP contribution in [-0.4, -0.2) is 41.6 Å². The number of rotatable bonds is 1. The standard InChI is InChI=1S/C12H14N4O2/c1-8-4-9(5-11(14)15-8)12(17)16-2-3-18-10(6-13)7-16/h4-5,10H,2-3,7H2,1H3,(H2,14,15). The lowest BCUT2D eigenvalue weighted by Crippen LogP contribution is -2.45. The van der Waals surface area contributed by atoms with E-state index < -0.39 is 6.10 Å². The van der Waals surface area contributed by atoms with E-state index in [1.165, 1.54) is 0 Å². The Morgan fingerprint density at radius 1 is 1.67 bits per heavy atom. The summed E-state index contributed by atoms with van der Waals surface area (Å²) in [5.74, 6) is 0.180. The first-order chi connectivity index (χ1) is 8.60. The molecule has 6 heteroatoms. The van der Waals surface area contributed by atoms with Crippen molar-refractivity contribution in [3.8, 4) is 6.07 Å². The van der Waals surface area contributed by atoms with Crippen LogP contribution in [0.15, 0.2) is 12.1 Å². The lowest BCUT2D eigenvalue weighted by Gasteiger charge is -2.29. The van der Waals surface area contributed by atoms with Crippen molar-refractivity contribution in [3.05, 3.63) is 23.4 Å². The third-order valence-corrected chi connectivity index (χ3v) is 2.72. The van der Waals surface area contributed by atoms with Crippen molar-refractivity contribution in [2.45, 2.75) is 13.0 Å². The van der Waals surface area contributed by atoms with Gasteiger partial charge in [-0.15, -0.1) is 0 Å². The van der Waals surface area contributed by atoms with Crippen molar-refractivity contribution in [1.29, 1.82) is 5.26 Å². The summed E-state index contributed by atoms with van der Waals surface area (Å²) in [4.78, 5) is 17.9. The number of aromatic nitrogens is 1. The van der Waals surface area contributed by atoms with E-state index in [9.17, 15) is 4.79 Å². The maximum absolute atomic E-state index is 12.2. The number of anilines is 1. The highest BCUT2D eigenvalue weighted by Gasteiger charge is 2.25. The van der Waals surface area contributed by atoms with Gasteiger partial charge in [0, 0.05) is 17.8 Å². The van der Waals surface area contributed by atoms with Crippen LogP contribution in [0.25, 0.3) is 0 Å². The van der Waals surface area contributed by atoms with Crippen molar-refractivity contribution in [3.63, 3.8) is 0 Å². The monoisotopic (exact) mass is 246 g/mol. The summed E-state index contributed by atoms with van der Waals surface area (Å²) in [5, 5.41) is 8.81. The van der Waals surface area contributed by atoms with Gasteiger partial charge in [0.15, 0.2) is 6.10 Å². The Balaban J connectivity index is 2.18. The largest absolute Gasteiger partial charge is 0.384 e. The van der Waals surface area contributed by atoms with Crippen molar-refractivity contribution in [1.82, 2.24) is 9.88 Å². The van der Waals surface area contributed by atoms with E-state index in [0.29, 0.717) is 30.2 Å². The Morgan fingerprint density at radius 3 is 3.11 bits per heavy atom. The van der Waals surface area contributed by atoms with Gasteiger partial charge in [0.1, 0.15) is 5.82 Å². The minimum absolute atomic E-state index is 0.143. The number of amides is 1. The molecule has 1 atom stereocenters. The SMILES string of the molecule is Cc1cc(C(=O)N2CCOC(C#N)C2)cc(N)n1. The zero-order valence-electron chi connectivity index (χ0n) is 10.1. The Morgan fingerprint density at radius 2 is 2.44 bits per heavy atom. The molecule has 1 aliphatic rings. The molecule has 1 aliphatic heterocycles. The van der Waals surface area contributed by atoms with Gasteiger partial charge < -0.3 is 15.4 Å². The molecule has 94 valence electrons. The number of nitrogens with zero attached hydrogens (tertiary/aromatic N) is 3. The fraction of sp³-hybridized carbons (Fsp3) is 0.417. The lowest BCUT2D eigenvalue weighted by atomic mass is 10.1. The van der Waals surface area contributed by atoms with E-state index in [0.717, 1.165) is 0 Å². The first-order valence-electron chi connectivity index (χ1n) is 5.65. The molecule has 0 radical (unpaired) electrons. The van der Waals surface area contributed by atoms with E-state index in [2.05, 4.69) is 4.98 Å². The number of ether oxygens (including phenoxy) is 1. The fourth-order valence-electron chi connectivity index (χ4n) is 1.91. The molecule has 2 heterocycles. The molecule has 1 aromatic rings. The summed E-state index contributed by atoms with van der Waals surface area (Å²) in [6.45, 7) is 2.93. The normalized spacial score (nSPS) is 19.3. The Labute approximate surface area is 105 Å². The van der Waals surface area contributed by atoms with Gasteiger partial charge in [-0.1, -0.05) is 0 Å². The van der Waals surface area contributed by atoms with Crippen molar-refractivity contribution < 1.29 is 9.53 Å². The number of morpholine rings is 1. The second-order valence-corrected chi connectivity index (χ2v) is 4.16. The van der Waals surface area contributed by atoms with Gasteiger partial charge in [-0.3, -0.25) is 4.79 Å². The molecular weight excluding hydrogens is 232 g/mol. The highest BCUT2D eigenvalue weighted by atomic mass is 16.5. The summed E-state index contributed by atoms with van der Waals surface area (Å²) in [5.41, 5.74) is 6.82. The number of nitrogen functional groups attached to an aromatic ring is 1. The average molecular weight is 246 g/mol. The molecule has 1 fully saturated rings. The second-order valence-electron chi connectivity index (χ2n) is 4.16. The van der Waals surface area contributed by atoms with E-state index in [-0.39, 0.29) is 12.5 Å². The van der Waals surface area contributed by atoms with Gasteiger partial charge in [0.05, 0.1) is 19.2 Å². The van der Waals surface area contributed by atoms with Crippen LogP contribution in [-0.2, 0) is 4.74 Å². The van der Waals surface area contributed by atoms with Crippen molar-refractivity contribution in [2.75, 3.05) is 25.4 Å². The fourth-order valence-corrected chi connectivity index (χ4v) is 1.91. The van der Waals surface area contributed by atoms with Gasteiger partial charge in [-0.2, -0.15) is 5.26 Å². The van der Waals surface area contributed by atoms with Crippen LogP contribution in [0.4, 0.5) is 5.82 Å². The first-order valence-corrected chi connectivity index (χ1v) is 5.65. The van der Waals surface area contributed by atoms with E-state index in [4.69, 9.17) is 15.7 Å². The van der Waals surface area contributed by atoms with Crippen molar-refractivity contribution >= 4 is 11.7 Å². The van der Waals surface area contributed by atoms with Gasteiger partial charge >= 0.3 is 0 Å². The maximum Gasteiger partial charge on any atom is 0.254 e. The smallest absolute Gasteiger partial charge is 0.254 e. The van der Waals surface area contributed by atoms with Crippen molar-refractivity contribution in [2.24, 2.45) is 0 Å². The lowest BCUT2D eigenvalue weighted by molar-refractivity contribution is 0.00346. The predicted octanol–water partition coefficient (Wildman–Crippen LogP) is 0.337. The number of nitriles is 1. The molecule has 1 unspecified atom stereocenters. The summed E-state index contributed by atoms with van der Waals surface area (Å²) in [6, 6.07) is 5.25. The summed E-state index contributed by atoms with van der Waals surface area (Å²) in [6.07, 6.45) is -0.553. The number of aryl methyl sites for hydroxylation is 1. The Kier molecular flexibility index (Phi) is 3.44. The molecule has 2 rings (SSSR count). The molecule has 0 spiro atoms. The molecule has 18 heavy (non-hydrogen) atoms. The summed E-state index contributed by atoms with van der Waals surface area (Å²) in [7, 11) is 0. The third kappa shape index (κ3) is 2.57. The minimum atomic E-state index is -0.553. The first kappa shape index (κ1) is 12.3. The summed E-state index contributed by atoms with van der Waals surface area (Å²) >= 11 is 0. The predicted molar refractivity (Wildman–Crippen MR) is 64.6 cm³/mol. The molecule has 0 aromatic carbocycles. The third-order valence-electron chi connectivity index (χ3n) is 2.72. The topological polar surface area (TPSA) is 92.2 Å². The Hall–Kier alpha value is -2.13. The highest BCUT2D eigenvalue weighted by molar-refractivity contribution is 5.95. The van der Waals surface area contributed by atoms with Crippen LogP contribution in [0.2, 0.25) is 0 Å². The van der Waals surface area contributed by atoms with Gasteiger partial charge in [-0.25, -0.2) is 4.98 Å². The molecule has 6 nitrogen and oxygen atoms in total. The quantitative estimate of drug-likeness (QED) is 0.771. The number of pyridine rings is 1. The van der Waals surface area contributed by atoms with Gasteiger partial charge in [0.2, 0.25) is 0 Å². The van der Waals surface area contributed by atoms with Gasteiger partial charge in [-0.05, 0) is 19.1 Å². The number of hydrogen-bond acceptors (Lipinski definition) is 5. The average Bonchev–Trinajstić information content (AvgIpc) is 2.37. The molecule has 2 N–H and O–H groups in total. The van der Waals surface area contributed by atoms with E-state index in [1.54, 1.807) is 24.0 Å². The van der Waals surface area contributed by atoms with Crippen LogP contribution in [0.3, 0.4) is 0 Å². The molecule has 1 aromatic heterocycles. The molecule has 0 aliphatic carbocycles. The molecule has 0 bridgehead atoms. The van der Waals surface area contributed by atoms with Crippen LogP contribution < -0.4 is 5.73 Å². The van der Waals surface area contributed by atoms with Gasteiger partial charge in [0.25, 0.3) is 5.91 Å². The van der Waals surface area contributed by atoms with Crippen LogP contribution in [0.1, 0.15) is 16.1 Å². The minimum Gasteiger partial charge on any atom is -0.384 e. The zero-order valence-corrected chi connectivity index (χ0v) is 10.1. The number of carbonyl (C=O) groups is 1. The van der Waals surface area contributed by atoms with Crippen LogP contribution in [0.5, 0.6) is 0 Å². The number of hydrogen-bond donors (Lipinski definition) is 1. The molecule has 1 amide bonds. The number of nitrogens with two attached hydrogens (primary N) is 1. The van der Waals surface area contributed by atoms with E-state index >= 15 is 0 Å². The maximum atomic E-state index is 12.2. The molecule has 0 saturated carbocycles. The highest BCUT2D eigenvalue weighted by Crippen LogP contribution is 2.13. The molecular formula is C12H14N4O2. The Bertz CT molecular complexity index is 489. The van der Waals surface area contributed by atoms with E-state index in [1.807, 2.05) is 6.07 Å². The second kappa shape index (κ2) is 5.02.